The van der Waals surface area contributed by atoms with E-state index in [9.17, 15) is 35.9 Å². The molecule has 2 amide bonds. The van der Waals surface area contributed by atoms with Crippen molar-refractivity contribution in [3.8, 4) is 0 Å². The monoisotopic (exact) mass is 472 g/mol. The summed E-state index contributed by atoms with van der Waals surface area (Å²) in [6.45, 7) is -0.295. The van der Waals surface area contributed by atoms with E-state index in [2.05, 4.69) is 5.32 Å². The Hall–Kier alpha value is -2.95. The van der Waals surface area contributed by atoms with Gasteiger partial charge in [0.05, 0.1) is 16.4 Å². The highest BCUT2D eigenvalue weighted by atomic mass is 32.2. The second kappa shape index (κ2) is 7.88. The van der Waals surface area contributed by atoms with Crippen LogP contribution in [0.25, 0.3) is 10.9 Å². The number of nitrogens with zero attached hydrogens (tertiary/aromatic N) is 1. The molecular weight excluding hydrogens is 458 g/mol. The van der Waals surface area contributed by atoms with E-state index in [1.165, 1.54) is 4.57 Å². The van der Waals surface area contributed by atoms with E-state index in [0.29, 0.717) is 17.0 Å². The number of carbonyl (C=O) groups excluding carboxylic acids is 2. The van der Waals surface area contributed by atoms with Crippen LogP contribution in [0.5, 0.6) is 0 Å². The Balaban J connectivity index is 1.69. The van der Waals surface area contributed by atoms with Crippen LogP contribution in [0.4, 0.5) is 31.1 Å². The first-order chi connectivity index (χ1) is 14.9. The molecule has 0 radical (unpaired) electrons. The maximum atomic E-state index is 13.5. The molecule has 11 heteroatoms. The number of nitrogens with one attached hydrogen (secondary N) is 1. The number of benzene rings is 2. The molecule has 0 bridgehead atoms. The minimum Gasteiger partial charge on any atom is -0.343 e. The molecule has 3 aromatic rings. The van der Waals surface area contributed by atoms with E-state index < -0.39 is 39.9 Å². The minimum atomic E-state index is -4.95. The van der Waals surface area contributed by atoms with E-state index in [4.69, 9.17) is 0 Å². The molecule has 1 aliphatic heterocycles. The molecule has 168 valence electrons. The number of rotatable bonds is 4. The van der Waals surface area contributed by atoms with Gasteiger partial charge in [-0.15, -0.1) is 0 Å². The molecule has 2 aromatic carbocycles. The first-order valence-electron chi connectivity index (χ1n) is 9.29. The molecule has 1 N–H and O–H groups in total. The summed E-state index contributed by atoms with van der Waals surface area (Å²) in [4.78, 5) is 23.2. The lowest BCUT2D eigenvalue weighted by Gasteiger charge is -2.17. The second-order valence-corrected chi connectivity index (χ2v) is 8.42. The van der Waals surface area contributed by atoms with Gasteiger partial charge < -0.3 is 4.57 Å². The van der Waals surface area contributed by atoms with Crippen molar-refractivity contribution in [2.24, 2.45) is 0 Å². The Morgan fingerprint density at radius 3 is 2.31 bits per heavy atom. The number of alkyl halides is 6. The van der Waals surface area contributed by atoms with Crippen LogP contribution in [0.3, 0.4) is 0 Å². The van der Waals surface area contributed by atoms with Crippen LogP contribution in [0.2, 0.25) is 0 Å². The van der Waals surface area contributed by atoms with Crippen molar-refractivity contribution in [3.63, 3.8) is 0 Å². The third-order valence-electron chi connectivity index (χ3n) is 5.16. The minimum absolute atomic E-state index is 0.124. The number of thioether (sulfide) groups is 1. The molecule has 1 unspecified atom stereocenters. The second-order valence-electron chi connectivity index (χ2n) is 7.25. The van der Waals surface area contributed by atoms with E-state index in [1.54, 1.807) is 30.5 Å². The number of amides is 2. The molecule has 1 aromatic heterocycles. The van der Waals surface area contributed by atoms with Gasteiger partial charge in [-0.3, -0.25) is 14.9 Å². The Bertz CT molecular complexity index is 1220. The lowest BCUT2D eigenvalue weighted by Crippen LogP contribution is -2.25. The number of hydrogen-bond donors (Lipinski definition) is 1. The lowest BCUT2D eigenvalue weighted by molar-refractivity contribution is -0.143. The Kier molecular flexibility index (Phi) is 5.48. The highest BCUT2D eigenvalue weighted by Crippen LogP contribution is 2.38. The summed E-state index contributed by atoms with van der Waals surface area (Å²) in [7, 11) is 0. The van der Waals surface area contributed by atoms with Gasteiger partial charge in [0.15, 0.2) is 0 Å². The zero-order chi connectivity index (χ0) is 23.3. The topological polar surface area (TPSA) is 51.1 Å². The van der Waals surface area contributed by atoms with Gasteiger partial charge in [0.25, 0.3) is 5.24 Å². The highest BCUT2D eigenvalue weighted by molar-refractivity contribution is 8.15. The molecule has 0 aliphatic carbocycles. The van der Waals surface area contributed by atoms with Gasteiger partial charge in [-0.2, -0.15) is 26.3 Å². The zero-order valence-electron chi connectivity index (χ0n) is 16.1. The van der Waals surface area contributed by atoms with Crippen LogP contribution in [0.1, 0.15) is 22.3 Å². The zero-order valence-corrected chi connectivity index (χ0v) is 16.9. The maximum Gasteiger partial charge on any atom is 0.416 e. The van der Waals surface area contributed by atoms with Gasteiger partial charge in [-0.25, -0.2) is 0 Å². The van der Waals surface area contributed by atoms with E-state index in [1.807, 2.05) is 0 Å². The first-order valence-corrected chi connectivity index (χ1v) is 10.2. The summed E-state index contributed by atoms with van der Waals surface area (Å²) in [6.07, 6.45) is -8.06. The number of halogens is 6. The van der Waals surface area contributed by atoms with Crippen LogP contribution < -0.4 is 5.32 Å². The summed E-state index contributed by atoms with van der Waals surface area (Å²) >= 11 is 0.871. The average molecular weight is 472 g/mol. The van der Waals surface area contributed by atoms with Crippen LogP contribution in [0.15, 0.2) is 48.7 Å². The SMILES string of the molecule is O=C1NC(=O)C(Cc2cccc3c2ccn3Cc2ccc(C(F)(F)F)cc2C(F)(F)F)S1. The van der Waals surface area contributed by atoms with Gasteiger partial charge in [0.1, 0.15) is 0 Å². The summed E-state index contributed by atoms with van der Waals surface area (Å²) in [6, 6.07) is 8.36. The lowest BCUT2D eigenvalue weighted by atomic mass is 10.0. The molecule has 2 heterocycles. The van der Waals surface area contributed by atoms with Gasteiger partial charge in [0, 0.05) is 23.6 Å². The summed E-state index contributed by atoms with van der Waals surface area (Å²) in [5.74, 6) is -0.406. The van der Waals surface area contributed by atoms with E-state index >= 15 is 0 Å². The van der Waals surface area contributed by atoms with Crippen LogP contribution in [-0.4, -0.2) is 21.0 Å². The van der Waals surface area contributed by atoms with Crippen molar-refractivity contribution in [3.05, 3.63) is 70.9 Å². The van der Waals surface area contributed by atoms with Crippen molar-refractivity contribution >= 4 is 33.8 Å². The van der Waals surface area contributed by atoms with Gasteiger partial charge in [-0.1, -0.05) is 30.0 Å². The van der Waals surface area contributed by atoms with Crippen molar-refractivity contribution in [2.45, 2.75) is 30.6 Å². The molecule has 32 heavy (non-hydrogen) atoms. The van der Waals surface area contributed by atoms with Crippen LogP contribution in [0, 0.1) is 0 Å². The molecule has 4 nitrogen and oxygen atoms in total. The molecule has 1 fully saturated rings. The summed E-state index contributed by atoms with van der Waals surface area (Å²) in [5.41, 5.74) is -1.72. The molecule has 1 atom stereocenters. The quantitative estimate of drug-likeness (QED) is 0.502. The molecule has 0 spiro atoms. The first kappa shape index (κ1) is 22.3. The summed E-state index contributed by atoms with van der Waals surface area (Å²) in [5, 5.41) is 1.84. The van der Waals surface area contributed by atoms with Crippen molar-refractivity contribution < 1.29 is 35.9 Å². The number of aromatic nitrogens is 1. The predicted octanol–water partition coefficient (Wildman–Crippen LogP) is 5.62. The predicted molar refractivity (Wildman–Crippen MR) is 106 cm³/mol. The normalized spacial score (nSPS) is 17.2. The van der Waals surface area contributed by atoms with Gasteiger partial charge in [-0.05, 0) is 41.8 Å². The molecular formula is C21H14F6N2O2S. The highest BCUT2D eigenvalue weighted by Gasteiger charge is 2.38. The average Bonchev–Trinajstić information content (AvgIpc) is 3.23. The van der Waals surface area contributed by atoms with E-state index in [-0.39, 0.29) is 24.6 Å². The Labute approximate surface area is 181 Å². The number of imide groups is 1. The third kappa shape index (κ3) is 4.34. The Morgan fingerprint density at radius 2 is 1.69 bits per heavy atom. The summed E-state index contributed by atoms with van der Waals surface area (Å²) < 4.78 is 80.7. The Morgan fingerprint density at radius 1 is 0.938 bits per heavy atom. The number of carbonyl (C=O) groups is 2. The maximum absolute atomic E-state index is 13.5. The number of fused-ring (bicyclic) bond motifs is 1. The molecule has 0 saturated carbocycles. The van der Waals surface area contributed by atoms with Crippen molar-refractivity contribution in [1.29, 1.82) is 0 Å². The van der Waals surface area contributed by atoms with Crippen LogP contribution in [-0.2, 0) is 30.1 Å². The fourth-order valence-corrected chi connectivity index (χ4v) is 4.52. The third-order valence-corrected chi connectivity index (χ3v) is 6.14. The van der Waals surface area contributed by atoms with Crippen molar-refractivity contribution in [2.75, 3.05) is 0 Å². The number of hydrogen-bond acceptors (Lipinski definition) is 3. The standard InChI is InChI=1S/C21H14F6N2O2S/c22-20(23,24)13-5-4-12(15(9-13)21(25,26)27)10-29-7-6-14-11(2-1-3-16(14)29)8-17-18(30)28-19(31)32-17/h1-7,9,17H,8,10H2,(H,28,30,31). The molecule has 4 rings (SSSR count). The smallest absolute Gasteiger partial charge is 0.343 e. The van der Waals surface area contributed by atoms with Gasteiger partial charge >= 0.3 is 12.4 Å². The van der Waals surface area contributed by atoms with Crippen LogP contribution >= 0.6 is 11.8 Å². The molecule has 1 aliphatic rings. The van der Waals surface area contributed by atoms with Crippen molar-refractivity contribution in [1.82, 2.24) is 9.88 Å². The molecule has 1 saturated heterocycles. The van der Waals surface area contributed by atoms with Gasteiger partial charge in [0.2, 0.25) is 5.91 Å². The fourth-order valence-electron chi connectivity index (χ4n) is 3.67. The fraction of sp³-hybridized carbons (Fsp3) is 0.238. The largest absolute Gasteiger partial charge is 0.416 e. The van der Waals surface area contributed by atoms with E-state index in [0.717, 1.165) is 23.4 Å².